The van der Waals surface area contributed by atoms with Crippen LogP contribution in [0.1, 0.15) is 10.6 Å². The molecule has 0 unspecified atom stereocenters. The van der Waals surface area contributed by atoms with Crippen LogP contribution < -0.4 is 4.90 Å². The van der Waals surface area contributed by atoms with E-state index in [4.69, 9.17) is 21.1 Å². The maximum absolute atomic E-state index is 12.1. The van der Waals surface area contributed by atoms with Gasteiger partial charge in [0.05, 0.1) is 18.2 Å². The molecular formula is C17H14ClN3O3S. The van der Waals surface area contributed by atoms with E-state index in [1.165, 1.54) is 0 Å². The number of halogens is 1. The van der Waals surface area contributed by atoms with Crippen molar-refractivity contribution >= 4 is 45.9 Å². The zero-order valence-corrected chi connectivity index (χ0v) is 14.7. The molecular weight excluding hydrogens is 362 g/mol. The van der Waals surface area contributed by atoms with Crippen LogP contribution in [-0.4, -0.2) is 43.2 Å². The van der Waals surface area contributed by atoms with Crippen molar-refractivity contribution in [3.63, 3.8) is 0 Å². The maximum atomic E-state index is 12.1. The minimum absolute atomic E-state index is 0.170. The molecule has 0 saturated carbocycles. The summed E-state index contributed by atoms with van der Waals surface area (Å²) in [4.78, 5) is 23.7. The Morgan fingerprint density at radius 1 is 1.24 bits per heavy atom. The van der Waals surface area contributed by atoms with Gasteiger partial charge in [-0.15, -0.1) is 11.3 Å². The first-order valence-corrected chi connectivity index (χ1v) is 8.95. The number of thiophene rings is 1. The van der Waals surface area contributed by atoms with Crippen molar-refractivity contribution in [2.24, 2.45) is 4.99 Å². The van der Waals surface area contributed by atoms with Gasteiger partial charge >= 0.3 is 5.97 Å². The van der Waals surface area contributed by atoms with E-state index in [1.54, 1.807) is 35.7 Å². The van der Waals surface area contributed by atoms with Crippen molar-refractivity contribution in [1.82, 2.24) is 4.98 Å². The SMILES string of the molecule is O=C1OC(c2cc(Cl)ccn2)=N/C1=C\c1ccc(N2CCOCC2)s1. The summed E-state index contributed by atoms with van der Waals surface area (Å²) in [6, 6.07) is 7.28. The molecule has 1 saturated heterocycles. The molecule has 2 aromatic rings. The first-order chi connectivity index (χ1) is 12.2. The van der Waals surface area contributed by atoms with Gasteiger partial charge in [-0.2, -0.15) is 0 Å². The van der Waals surface area contributed by atoms with E-state index in [2.05, 4.69) is 14.9 Å². The summed E-state index contributed by atoms with van der Waals surface area (Å²) in [5.74, 6) is -0.318. The van der Waals surface area contributed by atoms with Crippen LogP contribution in [0.15, 0.2) is 41.2 Å². The third kappa shape index (κ3) is 3.58. The lowest BCUT2D eigenvalue weighted by Gasteiger charge is -2.27. The molecule has 0 aliphatic carbocycles. The molecule has 0 radical (unpaired) electrons. The monoisotopic (exact) mass is 375 g/mol. The van der Waals surface area contributed by atoms with Crippen molar-refractivity contribution in [2.45, 2.75) is 0 Å². The second-order valence-electron chi connectivity index (χ2n) is 5.47. The Hall–Kier alpha value is -2.22. The molecule has 2 aliphatic rings. The lowest BCUT2D eigenvalue weighted by Crippen LogP contribution is -2.35. The highest BCUT2D eigenvalue weighted by Gasteiger charge is 2.25. The summed E-state index contributed by atoms with van der Waals surface area (Å²) in [6.07, 6.45) is 3.28. The van der Waals surface area contributed by atoms with Crippen LogP contribution in [0.3, 0.4) is 0 Å². The van der Waals surface area contributed by atoms with Crippen LogP contribution >= 0.6 is 22.9 Å². The van der Waals surface area contributed by atoms with Crippen LogP contribution in [-0.2, 0) is 14.3 Å². The van der Waals surface area contributed by atoms with Crippen molar-refractivity contribution < 1.29 is 14.3 Å². The molecule has 8 heteroatoms. The number of ether oxygens (including phenoxy) is 2. The third-order valence-corrected chi connectivity index (χ3v) is 5.10. The number of aliphatic imine (C=N–C) groups is 1. The zero-order valence-electron chi connectivity index (χ0n) is 13.1. The van der Waals surface area contributed by atoms with E-state index in [1.807, 2.05) is 12.1 Å². The number of carbonyl (C=O) groups is 1. The van der Waals surface area contributed by atoms with E-state index in [0.717, 1.165) is 36.2 Å². The van der Waals surface area contributed by atoms with Gasteiger partial charge in [-0.25, -0.2) is 9.79 Å². The van der Waals surface area contributed by atoms with Crippen molar-refractivity contribution in [3.05, 3.63) is 51.8 Å². The molecule has 0 atom stereocenters. The average Bonchev–Trinajstić information content (AvgIpc) is 3.24. The van der Waals surface area contributed by atoms with Gasteiger partial charge in [0.2, 0.25) is 5.90 Å². The standard InChI is InChI=1S/C17H14ClN3O3S/c18-11-3-4-19-13(9-11)16-20-14(17(22)24-16)10-12-1-2-15(25-12)21-5-7-23-8-6-21/h1-4,9-10H,5-8H2/b14-10-. The molecule has 2 aliphatic heterocycles. The van der Waals surface area contributed by atoms with Crippen LogP contribution in [0.2, 0.25) is 5.02 Å². The van der Waals surface area contributed by atoms with Crippen molar-refractivity contribution in [2.75, 3.05) is 31.2 Å². The molecule has 25 heavy (non-hydrogen) atoms. The summed E-state index contributed by atoms with van der Waals surface area (Å²) >= 11 is 7.55. The van der Waals surface area contributed by atoms with E-state index in [0.29, 0.717) is 10.7 Å². The minimum Gasteiger partial charge on any atom is -0.400 e. The molecule has 0 spiro atoms. The van der Waals surface area contributed by atoms with Crippen LogP contribution in [0.4, 0.5) is 5.00 Å². The number of esters is 1. The largest absolute Gasteiger partial charge is 0.400 e. The number of nitrogens with zero attached hydrogens (tertiary/aromatic N) is 3. The number of rotatable bonds is 3. The fraction of sp³-hybridized carbons (Fsp3) is 0.235. The fourth-order valence-electron chi connectivity index (χ4n) is 2.55. The van der Waals surface area contributed by atoms with E-state index in [9.17, 15) is 4.79 Å². The summed E-state index contributed by atoms with van der Waals surface area (Å²) < 4.78 is 10.6. The number of carbonyl (C=O) groups excluding carboxylic acids is 1. The van der Waals surface area contributed by atoms with Crippen LogP contribution in [0.25, 0.3) is 6.08 Å². The van der Waals surface area contributed by atoms with Gasteiger partial charge in [-0.05, 0) is 30.3 Å². The van der Waals surface area contributed by atoms with Gasteiger partial charge in [0.15, 0.2) is 5.70 Å². The molecule has 6 nitrogen and oxygen atoms in total. The average molecular weight is 376 g/mol. The Bertz CT molecular complexity index is 872. The van der Waals surface area contributed by atoms with Gasteiger partial charge in [0.25, 0.3) is 0 Å². The molecule has 128 valence electrons. The number of morpholine rings is 1. The molecule has 0 amide bonds. The van der Waals surface area contributed by atoms with Gasteiger partial charge in [0, 0.05) is 29.2 Å². The molecule has 1 fully saturated rings. The van der Waals surface area contributed by atoms with Crippen LogP contribution in [0.5, 0.6) is 0 Å². The summed E-state index contributed by atoms with van der Waals surface area (Å²) in [6.45, 7) is 3.23. The Kier molecular flexibility index (Phi) is 4.52. The summed E-state index contributed by atoms with van der Waals surface area (Å²) in [5, 5.41) is 1.66. The van der Waals surface area contributed by atoms with Gasteiger partial charge in [0.1, 0.15) is 5.69 Å². The van der Waals surface area contributed by atoms with Gasteiger partial charge < -0.3 is 14.4 Å². The predicted molar refractivity (Wildman–Crippen MR) is 97.2 cm³/mol. The number of anilines is 1. The lowest BCUT2D eigenvalue weighted by molar-refractivity contribution is -0.129. The number of pyridine rings is 1. The second kappa shape index (κ2) is 6.95. The molecule has 4 heterocycles. The van der Waals surface area contributed by atoms with E-state index >= 15 is 0 Å². The Labute approximate surface area is 153 Å². The van der Waals surface area contributed by atoms with Crippen LogP contribution in [0, 0.1) is 0 Å². The summed E-state index contributed by atoms with van der Waals surface area (Å²) in [7, 11) is 0. The van der Waals surface area contributed by atoms with Gasteiger partial charge in [-0.1, -0.05) is 11.6 Å². The molecule has 2 aromatic heterocycles. The molecule has 4 rings (SSSR count). The minimum atomic E-state index is -0.488. The second-order valence-corrected chi connectivity index (χ2v) is 7.00. The quantitative estimate of drug-likeness (QED) is 0.609. The highest BCUT2D eigenvalue weighted by Crippen LogP contribution is 2.29. The normalized spacial score (nSPS) is 19.2. The smallest absolute Gasteiger partial charge is 0.363 e. The molecule has 0 aromatic carbocycles. The molecule has 0 bridgehead atoms. The number of hydrogen-bond donors (Lipinski definition) is 0. The zero-order chi connectivity index (χ0) is 17.2. The highest BCUT2D eigenvalue weighted by molar-refractivity contribution is 7.16. The van der Waals surface area contributed by atoms with Crippen molar-refractivity contribution in [3.8, 4) is 0 Å². The van der Waals surface area contributed by atoms with Gasteiger partial charge in [-0.3, -0.25) is 4.98 Å². The first-order valence-electron chi connectivity index (χ1n) is 7.76. The highest BCUT2D eigenvalue weighted by atomic mass is 35.5. The third-order valence-electron chi connectivity index (χ3n) is 3.78. The number of aromatic nitrogens is 1. The van der Waals surface area contributed by atoms with E-state index in [-0.39, 0.29) is 11.6 Å². The molecule has 0 N–H and O–H groups in total. The Morgan fingerprint density at radius 3 is 2.88 bits per heavy atom. The number of hydrogen-bond acceptors (Lipinski definition) is 7. The van der Waals surface area contributed by atoms with E-state index < -0.39 is 5.97 Å². The topological polar surface area (TPSA) is 64.0 Å². The lowest BCUT2D eigenvalue weighted by atomic mass is 10.3. The Balaban J connectivity index is 1.56. The predicted octanol–water partition coefficient (Wildman–Crippen LogP) is 2.98. The number of cyclic esters (lactones) is 1. The maximum Gasteiger partial charge on any atom is 0.363 e. The summed E-state index contributed by atoms with van der Waals surface area (Å²) in [5.41, 5.74) is 0.691. The Morgan fingerprint density at radius 2 is 2.08 bits per heavy atom. The van der Waals surface area contributed by atoms with Crippen molar-refractivity contribution in [1.29, 1.82) is 0 Å². The first kappa shape index (κ1) is 16.3. The fourth-order valence-corrected chi connectivity index (χ4v) is 3.70.